The number of rotatable bonds is 5. The summed E-state index contributed by atoms with van der Waals surface area (Å²) in [5, 5.41) is 4.02. The maximum atomic E-state index is 6.11. The molecule has 1 aromatic carbocycles. The molecule has 0 amide bonds. The first kappa shape index (κ1) is 17.0. The minimum atomic E-state index is 0.223. The van der Waals surface area contributed by atoms with Crippen molar-refractivity contribution in [2.45, 2.75) is 39.2 Å². The molecule has 0 spiro atoms. The van der Waals surface area contributed by atoms with Crippen molar-refractivity contribution >= 4 is 29.1 Å². The first-order chi connectivity index (χ1) is 11.5. The Morgan fingerprint density at radius 3 is 2.88 bits per heavy atom. The lowest BCUT2D eigenvalue weighted by molar-refractivity contribution is 0.751. The second-order valence-electron chi connectivity index (χ2n) is 6.37. The summed E-state index contributed by atoms with van der Waals surface area (Å²) in [6.07, 6.45) is 2.98. The van der Waals surface area contributed by atoms with Gasteiger partial charge in [-0.25, -0.2) is 4.98 Å². The molecule has 1 aliphatic rings. The Hall–Kier alpha value is -1.85. The minimum absolute atomic E-state index is 0.223. The number of nitrogens with two attached hydrogens (primary N) is 1. The zero-order valence-electron chi connectivity index (χ0n) is 14.2. The Morgan fingerprint density at radius 2 is 2.17 bits per heavy atom. The normalized spacial score (nSPS) is 17.3. The second kappa shape index (κ2) is 7.36. The van der Waals surface area contributed by atoms with Gasteiger partial charge in [0.2, 0.25) is 5.95 Å². The van der Waals surface area contributed by atoms with Crippen molar-refractivity contribution in [2.75, 3.05) is 23.3 Å². The molecule has 5 nitrogen and oxygen atoms in total. The number of halogens is 1. The first-order valence-corrected chi connectivity index (χ1v) is 8.84. The third kappa shape index (κ3) is 3.97. The van der Waals surface area contributed by atoms with Gasteiger partial charge in [-0.2, -0.15) is 4.98 Å². The molecule has 6 heteroatoms. The number of aromatic nitrogens is 2. The highest BCUT2D eigenvalue weighted by Gasteiger charge is 2.21. The van der Waals surface area contributed by atoms with Crippen LogP contribution in [0.1, 0.15) is 31.0 Å². The zero-order valence-corrected chi connectivity index (χ0v) is 15.0. The number of hydrogen-bond acceptors (Lipinski definition) is 5. The van der Waals surface area contributed by atoms with E-state index < -0.39 is 0 Å². The average molecular weight is 346 g/mol. The number of benzene rings is 1. The van der Waals surface area contributed by atoms with Crippen molar-refractivity contribution in [1.29, 1.82) is 0 Å². The van der Waals surface area contributed by atoms with E-state index in [1.54, 1.807) is 0 Å². The van der Waals surface area contributed by atoms with Crippen molar-refractivity contribution in [3.05, 3.63) is 40.5 Å². The van der Waals surface area contributed by atoms with Crippen LogP contribution in [0, 0.1) is 6.92 Å². The van der Waals surface area contributed by atoms with Gasteiger partial charge in [0.15, 0.2) is 0 Å². The molecule has 24 heavy (non-hydrogen) atoms. The van der Waals surface area contributed by atoms with Crippen molar-refractivity contribution in [1.82, 2.24) is 9.97 Å². The lowest BCUT2D eigenvalue weighted by atomic mass is 10.2. The number of nitrogens with one attached hydrogen (secondary N) is 1. The highest BCUT2D eigenvalue weighted by atomic mass is 35.5. The lowest BCUT2D eigenvalue weighted by Crippen LogP contribution is -2.27. The summed E-state index contributed by atoms with van der Waals surface area (Å²) in [6.45, 7) is 5.98. The topological polar surface area (TPSA) is 67.1 Å². The van der Waals surface area contributed by atoms with Crippen LogP contribution in [-0.2, 0) is 6.42 Å². The van der Waals surface area contributed by atoms with Crippen LogP contribution in [0.2, 0.25) is 5.02 Å². The molecule has 128 valence electrons. The number of aryl methyl sites for hydroxylation is 2. The second-order valence-corrected chi connectivity index (χ2v) is 6.81. The van der Waals surface area contributed by atoms with Gasteiger partial charge in [-0.15, -0.1) is 0 Å². The van der Waals surface area contributed by atoms with Crippen LogP contribution in [0.3, 0.4) is 0 Å². The summed E-state index contributed by atoms with van der Waals surface area (Å²) in [5.41, 5.74) is 9.12. The summed E-state index contributed by atoms with van der Waals surface area (Å²) in [6, 6.07) is 8.07. The fourth-order valence-corrected chi connectivity index (χ4v) is 3.10. The Bertz CT molecular complexity index is 719. The van der Waals surface area contributed by atoms with Crippen LogP contribution in [-0.4, -0.2) is 29.1 Å². The highest BCUT2D eigenvalue weighted by molar-refractivity contribution is 6.30. The van der Waals surface area contributed by atoms with Gasteiger partial charge in [0.25, 0.3) is 0 Å². The molecule has 0 bridgehead atoms. The van der Waals surface area contributed by atoms with E-state index in [4.69, 9.17) is 22.3 Å². The van der Waals surface area contributed by atoms with Crippen molar-refractivity contribution in [3.63, 3.8) is 0 Å². The van der Waals surface area contributed by atoms with E-state index in [1.165, 1.54) is 0 Å². The van der Waals surface area contributed by atoms with Crippen molar-refractivity contribution < 1.29 is 0 Å². The highest BCUT2D eigenvalue weighted by Crippen LogP contribution is 2.25. The van der Waals surface area contributed by atoms with Crippen LogP contribution in [0.4, 0.5) is 17.5 Å². The fraction of sp³-hybridized carbons (Fsp3) is 0.444. The monoisotopic (exact) mass is 345 g/mol. The van der Waals surface area contributed by atoms with Gasteiger partial charge in [-0.05, 0) is 37.5 Å². The van der Waals surface area contributed by atoms with E-state index in [0.29, 0.717) is 11.0 Å². The Kier molecular flexibility index (Phi) is 5.21. The van der Waals surface area contributed by atoms with E-state index >= 15 is 0 Å². The number of hydrogen-bond donors (Lipinski definition) is 2. The molecule has 3 N–H and O–H groups in total. The Morgan fingerprint density at radius 1 is 1.33 bits per heavy atom. The third-order valence-electron chi connectivity index (χ3n) is 4.27. The van der Waals surface area contributed by atoms with Gasteiger partial charge in [-0.3, -0.25) is 0 Å². The lowest BCUT2D eigenvalue weighted by Gasteiger charge is -2.19. The molecular formula is C18H24ClN5. The molecule has 1 aliphatic heterocycles. The Labute approximate surface area is 148 Å². The van der Waals surface area contributed by atoms with Gasteiger partial charge in [0.1, 0.15) is 5.82 Å². The molecule has 2 heterocycles. The van der Waals surface area contributed by atoms with Gasteiger partial charge >= 0.3 is 0 Å². The predicted molar refractivity (Wildman–Crippen MR) is 100 cm³/mol. The van der Waals surface area contributed by atoms with E-state index in [2.05, 4.69) is 28.2 Å². The molecule has 0 saturated carbocycles. The summed E-state index contributed by atoms with van der Waals surface area (Å²) in [4.78, 5) is 11.6. The summed E-state index contributed by atoms with van der Waals surface area (Å²) in [5.74, 6) is 1.56. The van der Waals surface area contributed by atoms with E-state index in [1.807, 2.05) is 25.1 Å². The summed E-state index contributed by atoms with van der Waals surface area (Å²) < 4.78 is 0. The molecule has 0 radical (unpaired) electrons. The van der Waals surface area contributed by atoms with Crippen molar-refractivity contribution in [2.24, 2.45) is 5.73 Å². The minimum Gasteiger partial charge on any atom is -0.355 e. The summed E-state index contributed by atoms with van der Waals surface area (Å²) in [7, 11) is 0. The van der Waals surface area contributed by atoms with Crippen LogP contribution in [0.15, 0.2) is 24.3 Å². The van der Waals surface area contributed by atoms with Crippen molar-refractivity contribution in [3.8, 4) is 0 Å². The molecule has 1 aromatic heterocycles. The third-order valence-corrected chi connectivity index (χ3v) is 4.50. The molecule has 1 fully saturated rings. The fourth-order valence-electron chi connectivity index (χ4n) is 2.93. The van der Waals surface area contributed by atoms with Crippen LogP contribution in [0.5, 0.6) is 0 Å². The molecule has 2 aromatic rings. The standard InChI is InChI=1S/C18H24ClN5/c1-3-4-15-10-17(24-8-7-14(20)11-24)23-18(21-15)22-16-9-13(19)6-5-12(16)2/h5-6,9-10,14H,3-4,7-8,11,20H2,1-2H3,(H,21,22,23). The average Bonchev–Trinajstić information content (AvgIpc) is 2.98. The van der Waals surface area contributed by atoms with Crippen LogP contribution < -0.4 is 16.0 Å². The Balaban J connectivity index is 1.91. The maximum Gasteiger partial charge on any atom is 0.229 e. The van der Waals surface area contributed by atoms with E-state index in [0.717, 1.165) is 55.1 Å². The SMILES string of the molecule is CCCc1cc(N2CCC(N)C2)nc(Nc2cc(Cl)ccc2C)n1. The molecule has 1 saturated heterocycles. The molecular weight excluding hydrogens is 322 g/mol. The predicted octanol–water partition coefficient (Wildman–Crippen LogP) is 3.67. The van der Waals surface area contributed by atoms with E-state index in [9.17, 15) is 0 Å². The zero-order chi connectivity index (χ0) is 17.1. The first-order valence-electron chi connectivity index (χ1n) is 8.47. The molecule has 3 rings (SSSR count). The summed E-state index contributed by atoms with van der Waals surface area (Å²) >= 11 is 6.11. The van der Waals surface area contributed by atoms with Gasteiger partial charge in [-0.1, -0.05) is 31.0 Å². The molecule has 1 atom stereocenters. The largest absolute Gasteiger partial charge is 0.355 e. The quantitative estimate of drug-likeness (QED) is 0.865. The van der Waals surface area contributed by atoms with Gasteiger partial charge in [0.05, 0.1) is 0 Å². The number of nitrogens with zero attached hydrogens (tertiary/aromatic N) is 3. The van der Waals surface area contributed by atoms with E-state index in [-0.39, 0.29) is 6.04 Å². The smallest absolute Gasteiger partial charge is 0.229 e. The van der Waals surface area contributed by atoms with Gasteiger partial charge < -0.3 is 16.0 Å². The molecule has 1 unspecified atom stereocenters. The van der Waals surface area contributed by atoms with Gasteiger partial charge in [0, 0.05) is 41.6 Å². The maximum absolute atomic E-state index is 6.11. The molecule has 0 aliphatic carbocycles. The van der Waals surface area contributed by atoms with Crippen LogP contribution in [0.25, 0.3) is 0 Å². The van der Waals surface area contributed by atoms with Crippen LogP contribution >= 0.6 is 11.6 Å². The number of anilines is 3.